The number of rotatable bonds is 4. The van der Waals surface area contributed by atoms with Gasteiger partial charge in [-0.2, -0.15) is 0 Å². The zero-order valence-electron chi connectivity index (χ0n) is 11.8. The summed E-state index contributed by atoms with van der Waals surface area (Å²) in [6, 6.07) is 2.32. The smallest absolute Gasteiger partial charge is 0.339 e. The van der Waals surface area contributed by atoms with Crippen LogP contribution in [0.25, 0.3) is 0 Å². The Morgan fingerprint density at radius 2 is 1.95 bits per heavy atom. The summed E-state index contributed by atoms with van der Waals surface area (Å²) in [4.78, 5) is 16.0. The molecule has 1 N–H and O–H groups in total. The SMILES string of the molecule is O=C(O)c1ccoc1CN1CCN(C2CCCC2)CC1. The molecule has 5 nitrogen and oxygen atoms in total. The number of carboxylic acid groups (broad SMARTS) is 1. The van der Waals surface area contributed by atoms with Crippen molar-refractivity contribution in [1.29, 1.82) is 0 Å². The molecular weight excluding hydrogens is 256 g/mol. The molecule has 2 aliphatic rings. The van der Waals surface area contributed by atoms with Crippen LogP contribution in [0.15, 0.2) is 16.7 Å². The van der Waals surface area contributed by atoms with E-state index >= 15 is 0 Å². The number of piperazine rings is 1. The van der Waals surface area contributed by atoms with Crippen LogP contribution < -0.4 is 0 Å². The molecule has 0 aromatic carbocycles. The molecule has 0 spiro atoms. The predicted molar refractivity (Wildman–Crippen MR) is 74.8 cm³/mol. The monoisotopic (exact) mass is 278 g/mol. The van der Waals surface area contributed by atoms with Gasteiger partial charge in [-0.25, -0.2) is 4.79 Å². The zero-order valence-corrected chi connectivity index (χ0v) is 11.8. The molecular formula is C15H22N2O3. The van der Waals surface area contributed by atoms with Gasteiger partial charge in [0.05, 0.1) is 12.8 Å². The number of hydrogen-bond acceptors (Lipinski definition) is 4. The molecule has 20 heavy (non-hydrogen) atoms. The average molecular weight is 278 g/mol. The molecule has 0 unspecified atom stereocenters. The van der Waals surface area contributed by atoms with Gasteiger partial charge in [-0.3, -0.25) is 9.80 Å². The van der Waals surface area contributed by atoms with Crippen LogP contribution >= 0.6 is 0 Å². The number of nitrogens with zero attached hydrogens (tertiary/aromatic N) is 2. The second-order valence-electron chi connectivity index (χ2n) is 5.81. The van der Waals surface area contributed by atoms with E-state index in [1.165, 1.54) is 38.0 Å². The Morgan fingerprint density at radius 1 is 1.25 bits per heavy atom. The molecule has 0 radical (unpaired) electrons. The number of furan rings is 1. The van der Waals surface area contributed by atoms with Gasteiger partial charge < -0.3 is 9.52 Å². The lowest BCUT2D eigenvalue weighted by molar-refractivity contribution is 0.0685. The lowest BCUT2D eigenvalue weighted by Crippen LogP contribution is -2.49. The van der Waals surface area contributed by atoms with Crippen LogP contribution in [0.2, 0.25) is 0 Å². The van der Waals surface area contributed by atoms with E-state index in [2.05, 4.69) is 9.80 Å². The molecule has 1 aliphatic heterocycles. The summed E-state index contributed by atoms with van der Waals surface area (Å²) in [5.41, 5.74) is 0.295. The van der Waals surface area contributed by atoms with Crippen LogP contribution in [-0.2, 0) is 6.54 Å². The molecule has 110 valence electrons. The molecule has 3 rings (SSSR count). The van der Waals surface area contributed by atoms with E-state index in [9.17, 15) is 4.79 Å². The lowest BCUT2D eigenvalue weighted by Gasteiger charge is -2.37. The lowest BCUT2D eigenvalue weighted by atomic mass is 10.1. The quantitative estimate of drug-likeness (QED) is 0.913. The van der Waals surface area contributed by atoms with Crippen molar-refractivity contribution in [3.63, 3.8) is 0 Å². The van der Waals surface area contributed by atoms with Crippen LogP contribution in [0.3, 0.4) is 0 Å². The Labute approximate surface area is 119 Å². The molecule has 1 saturated carbocycles. The van der Waals surface area contributed by atoms with Crippen molar-refractivity contribution in [1.82, 2.24) is 9.80 Å². The summed E-state index contributed by atoms with van der Waals surface area (Å²) in [7, 11) is 0. The van der Waals surface area contributed by atoms with Crippen molar-refractivity contribution in [2.24, 2.45) is 0 Å². The molecule has 1 aliphatic carbocycles. The number of aromatic carboxylic acids is 1. The Hall–Kier alpha value is -1.33. The Balaban J connectivity index is 1.53. The molecule has 5 heteroatoms. The molecule has 1 saturated heterocycles. The fraction of sp³-hybridized carbons (Fsp3) is 0.667. The number of hydrogen-bond donors (Lipinski definition) is 1. The van der Waals surface area contributed by atoms with Gasteiger partial charge in [-0.1, -0.05) is 12.8 Å². The van der Waals surface area contributed by atoms with Crippen molar-refractivity contribution < 1.29 is 14.3 Å². The predicted octanol–water partition coefficient (Wildman–Crippen LogP) is 2.04. The number of carbonyl (C=O) groups is 1. The second-order valence-corrected chi connectivity index (χ2v) is 5.81. The van der Waals surface area contributed by atoms with Crippen LogP contribution in [-0.4, -0.2) is 53.1 Å². The summed E-state index contributed by atoms with van der Waals surface area (Å²) < 4.78 is 5.32. The first kappa shape index (κ1) is 13.6. The molecule has 2 fully saturated rings. The topological polar surface area (TPSA) is 56.9 Å². The first-order valence-corrected chi connectivity index (χ1v) is 7.50. The fourth-order valence-corrected chi connectivity index (χ4v) is 3.41. The second kappa shape index (κ2) is 5.97. The minimum absolute atomic E-state index is 0.295. The van der Waals surface area contributed by atoms with Crippen molar-refractivity contribution in [3.05, 3.63) is 23.7 Å². The molecule has 1 aromatic heterocycles. The third-order valence-electron chi connectivity index (χ3n) is 4.59. The van der Waals surface area contributed by atoms with Crippen molar-refractivity contribution in [2.45, 2.75) is 38.3 Å². The highest BCUT2D eigenvalue weighted by molar-refractivity contribution is 5.88. The highest BCUT2D eigenvalue weighted by atomic mass is 16.4. The molecule has 1 aromatic rings. The standard InChI is InChI=1S/C15H22N2O3/c18-15(19)13-5-10-20-14(13)11-16-6-8-17(9-7-16)12-3-1-2-4-12/h5,10,12H,1-4,6-9,11H2,(H,18,19). The van der Waals surface area contributed by atoms with Crippen LogP contribution in [0.1, 0.15) is 41.8 Å². The highest BCUT2D eigenvalue weighted by Crippen LogP contribution is 2.24. The molecule has 0 atom stereocenters. The van der Waals surface area contributed by atoms with Gasteiger partial charge >= 0.3 is 5.97 Å². The Kier molecular flexibility index (Phi) is 4.08. The highest BCUT2D eigenvalue weighted by Gasteiger charge is 2.27. The third kappa shape index (κ3) is 2.88. The maximum absolute atomic E-state index is 11.1. The largest absolute Gasteiger partial charge is 0.478 e. The van der Waals surface area contributed by atoms with Gasteiger partial charge in [0.25, 0.3) is 0 Å². The Morgan fingerprint density at radius 3 is 2.60 bits per heavy atom. The molecule has 2 heterocycles. The van der Waals surface area contributed by atoms with Crippen LogP contribution in [0.5, 0.6) is 0 Å². The summed E-state index contributed by atoms with van der Waals surface area (Å²) in [5.74, 6) is -0.329. The van der Waals surface area contributed by atoms with Crippen molar-refractivity contribution >= 4 is 5.97 Å². The summed E-state index contributed by atoms with van der Waals surface area (Å²) in [5, 5.41) is 9.08. The van der Waals surface area contributed by atoms with E-state index in [1.807, 2.05) is 0 Å². The molecule has 0 bridgehead atoms. The average Bonchev–Trinajstić information content (AvgIpc) is 3.10. The van der Waals surface area contributed by atoms with Gasteiger partial charge in [0.15, 0.2) is 0 Å². The minimum atomic E-state index is -0.904. The van der Waals surface area contributed by atoms with E-state index < -0.39 is 5.97 Å². The van der Waals surface area contributed by atoms with E-state index in [-0.39, 0.29) is 0 Å². The van der Waals surface area contributed by atoms with E-state index in [0.717, 1.165) is 32.2 Å². The van der Waals surface area contributed by atoms with Crippen LogP contribution in [0, 0.1) is 0 Å². The van der Waals surface area contributed by atoms with Gasteiger partial charge in [0.1, 0.15) is 11.3 Å². The van der Waals surface area contributed by atoms with Gasteiger partial charge in [-0.05, 0) is 18.9 Å². The fourth-order valence-electron chi connectivity index (χ4n) is 3.41. The van der Waals surface area contributed by atoms with Gasteiger partial charge in [-0.15, -0.1) is 0 Å². The van der Waals surface area contributed by atoms with E-state index in [1.54, 1.807) is 0 Å². The van der Waals surface area contributed by atoms with Crippen molar-refractivity contribution in [3.8, 4) is 0 Å². The Bertz CT molecular complexity index is 457. The third-order valence-corrected chi connectivity index (χ3v) is 4.59. The summed E-state index contributed by atoms with van der Waals surface area (Å²) >= 11 is 0. The van der Waals surface area contributed by atoms with Crippen molar-refractivity contribution in [2.75, 3.05) is 26.2 Å². The first-order valence-electron chi connectivity index (χ1n) is 7.50. The first-order chi connectivity index (χ1) is 9.74. The van der Waals surface area contributed by atoms with Gasteiger partial charge in [0.2, 0.25) is 0 Å². The molecule has 0 amide bonds. The van der Waals surface area contributed by atoms with E-state index in [4.69, 9.17) is 9.52 Å². The van der Waals surface area contributed by atoms with Crippen LogP contribution in [0.4, 0.5) is 0 Å². The summed E-state index contributed by atoms with van der Waals surface area (Å²) in [6.45, 7) is 4.78. The minimum Gasteiger partial charge on any atom is -0.478 e. The number of carboxylic acids is 1. The van der Waals surface area contributed by atoms with Gasteiger partial charge in [0, 0.05) is 32.2 Å². The summed E-state index contributed by atoms with van der Waals surface area (Å²) in [6.07, 6.45) is 6.91. The maximum Gasteiger partial charge on any atom is 0.339 e. The van der Waals surface area contributed by atoms with E-state index in [0.29, 0.717) is 17.9 Å². The normalized spacial score (nSPS) is 22.4. The zero-order chi connectivity index (χ0) is 13.9. The maximum atomic E-state index is 11.1.